The lowest BCUT2D eigenvalue weighted by Crippen LogP contribution is -2.44. The molecule has 4 nitrogen and oxygen atoms in total. The summed E-state index contributed by atoms with van der Waals surface area (Å²) in [5.41, 5.74) is 0.921. The Morgan fingerprint density at radius 1 is 1.39 bits per heavy atom. The Bertz CT molecular complexity index is 508. The minimum absolute atomic E-state index is 0.147. The maximum atomic E-state index is 12.0. The fourth-order valence-electron chi connectivity index (χ4n) is 1.68. The fraction of sp³-hybridized carbons (Fsp3) is 0.231. The molecule has 1 heterocycles. The van der Waals surface area contributed by atoms with Gasteiger partial charge < -0.3 is 10.2 Å². The summed E-state index contributed by atoms with van der Waals surface area (Å²) in [5, 5.41) is 2.95. The van der Waals surface area contributed by atoms with E-state index in [1.54, 1.807) is 36.2 Å². The molecule has 1 N–H and O–H groups in total. The summed E-state index contributed by atoms with van der Waals surface area (Å²) in [7, 11) is 1.72. The zero-order valence-corrected chi connectivity index (χ0v) is 11.5. The highest BCUT2D eigenvalue weighted by atomic mass is 79.9. The first-order valence-corrected chi connectivity index (χ1v) is 6.38. The van der Waals surface area contributed by atoms with Gasteiger partial charge in [0.15, 0.2) is 5.78 Å². The normalized spacial score (nSPS) is 17.8. The van der Waals surface area contributed by atoms with Crippen LogP contribution in [0.4, 0.5) is 0 Å². The van der Waals surface area contributed by atoms with Gasteiger partial charge in [0, 0.05) is 36.2 Å². The molecule has 0 bridgehead atoms. The Labute approximate surface area is 114 Å². The molecule has 1 aromatic carbocycles. The van der Waals surface area contributed by atoms with Crippen molar-refractivity contribution in [3.8, 4) is 0 Å². The number of ketones is 1. The third-order valence-electron chi connectivity index (χ3n) is 2.74. The van der Waals surface area contributed by atoms with Crippen molar-refractivity contribution < 1.29 is 9.59 Å². The highest BCUT2D eigenvalue weighted by Crippen LogP contribution is 2.12. The SMILES string of the molecule is CN1CCN/C(=C/C(=O)c2ccc(Br)cc2)C1=O. The number of rotatable bonds is 2. The maximum Gasteiger partial charge on any atom is 0.269 e. The van der Waals surface area contributed by atoms with E-state index in [4.69, 9.17) is 0 Å². The van der Waals surface area contributed by atoms with Crippen LogP contribution in [0.2, 0.25) is 0 Å². The van der Waals surface area contributed by atoms with Crippen LogP contribution in [0.5, 0.6) is 0 Å². The first kappa shape index (κ1) is 12.8. The fourth-order valence-corrected chi connectivity index (χ4v) is 1.95. The average Bonchev–Trinajstić information content (AvgIpc) is 2.36. The van der Waals surface area contributed by atoms with Gasteiger partial charge in [-0.1, -0.05) is 15.9 Å². The molecule has 0 aliphatic carbocycles. The lowest BCUT2D eigenvalue weighted by Gasteiger charge is -2.25. The molecule has 1 aliphatic rings. The predicted molar refractivity (Wildman–Crippen MR) is 72.2 cm³/mol. The molecular formula is C13H13BrN2O2. The lowest BCUT2D eigenvalue weighted by molar-refractivity contribution is -0.127. The molecule has 1 amide bonds. The van der Waals surface area contributed by atoms with Gasteiger partial charge in [-0.05, 0) is 24.3 Å². The first-order valence-electron chi connectivity index (χ1n) is 5.59. The lowest BCUT2D eigenvalue weighted by atomic mass is 10.1. The van der Waals surface area contributed by atoms with Gasteiger partial charge in [-0.2, -0.15) is 0 Å². The Morgan fingerprint density at radius 3 is 2.72 bits per heavy atom. The van der Waals surface area contributed by atoms with Crippen molar-refractivity contribution >= 4 is 27.6 Å². The second-order valence-corrected chi connectivity index (χ2v) is 5.00. The number of hydrogen-bond donors (Lipinski definition) is 1. The Balaban J connectivity index is 2.19. The minimum atomic E-state index is -0.173. The van der Waals surface area contributed by atoms with E-state index in [9.17, 15) is 9.59 Å². The second kappa shape index (κ2) is 5.35. The molecule has 1 saturated heterocycles. The Kier molecular flexibility index (Phi) is 3.81. The van der Waals surface area contributed by atoms with Crippen LogP contribution in [-0.4, -0.2) is 36.7 Å². The van der Waals surface area contributed by atoms with Gasteiger partial charge in [0.05, 0.1) is 0 Å². The molecule has 0 unspecified atom stereocenters. The van der Waals surface area contributed by atoms with Crippen LogP contribution < -0.4 is 5.32 Å². The van der Waals surface area contributed by atoms with Gasteiger partial charge in [-0.15, -0.1) is 0 Å². The number of allylic oxidation sites excluding steroid dienone is 1. The molecule has 0 saturated carbocycles. The number of halogens is 1. The summed E-state index contributed by atoms with van der Waals surface area (Å²) >= 11 is 3.31. The van der Waals surface area contributed by atoms with E-state index >= 15 is 0 Å². The summed E-state index contributed by atoms with van der Waals surface area (Å²) < 4.78 is 0.915. The number of carbonyl (C=O) groups is 2. The topological polar surface area (TPSA) is 49.4 Å². The summed E-state index contributed by atoms with van der Waals surface area (Å²) in [5.74, 6) is -0.319. The van der Waals surface area contributed by atoms with Crippen molar-refractivity contribution in [1.82, 2.24) is 10.2 Å². The van der Waals surface area contributed by atoms with E-state index in [2.05, 4.69) is 21.2 Å². The van der Waals surface area contributed by atoms with E-state index in [1.165, 1.54) is 6.08 Å². The van der Waals surface area contributed by atoms with Crippen LogP contribution in [0.25, 0.3) is 0 Å². The summed E-state index contributed by atoms with van der Waals surface area (Å²) in [6.45, 7) is 1.32. The number of carbonyl (C=O) groups excluding carboxylic acids is 2. The predicted octanol–water partition coefficient (Wildman–Crippen LogP) is 1.58. The van der Waals surface area contributed by atoms with Crippen molar-refractivity contribution in [1.29, 1.82) is 0 Å². The van der Waals surface area contributed by atoms with E-state index in [1.807, 2.05) is 0 Å². The number of hydrogen-bond acceptors (Lipinski definition) is 3. The molecule has 1 aliphatic heterocycles. The molecular weight excluding hydrogens is 296 g/mol. The van der Waals surface area contributed by atoms with Crippen LogP contribution in [-0.2, 0) is 4.79 Å². The van der Waals surface area contributed by atoms with Crippen molar-refractivity contribution in [3.63, 3.8) is 0 Å². The maximum absolute atomic E-state index is 12.0. The minimum Gasteiger partial charge on any atom is -0.379 e. The standard InChI is InChI=1S/C13H13BrN2O2/c1-16-7-6-15-11(13(16)18)8-12(17)9-2-4-10(14)5-3-9/h2-5,8,15H,6-7H2,1H3/b11-8+. The van der Waals surface area contributed by atoms with E-state index in [-0.39, 0.29) is 11.7 Å². The number of nitrogens with one attached hydrogen (secondary N) is 1. The van der Waals surface area contributed by atoms with Crippen molar-refractivity contribution in [2.45, 2.75) is 0 Å². The monoisotopic (exact) mass is 308 g/mol. The number of nitrogens with zero attached hydrogens (tertiary/aromatic N) is 1. The largest absolute Gasteiger partial charge is 0.379 e. The van der Waals surface area contributed by atoms with Crippen molar-refractivity contribution in [2.24, 2.45) is 0 Å². The summed E-state index contributed by atoms with van der Waals surface area (Å²) in [6, 6.07) is 7.04. The highest BCUT2D eigenvalue weighted by Gasteiger charge is 2.20. The van der Waals surface area contributed by atoms with Crippen LogP contribution >= 0.6 is 15.9 Å². The van der Waals surface area contributed by atoms with E-state index in [0.717, 1.165) is 4.47 Å². The van der Waals surface area contributed by atoms with E-state index in [0.29, 0.717) is 24.4 Å². The van der Waals surface area contributed by atoms with Crippen molar-refractivity contribution in [2.75, 3.05) is 20.1 Å². The number of likely N-dealkylation sites (N-methyl/N-ethyl adjacent to an activating group) is 1. The Morgan fingerprint density at radius 2 is 2.06 bits per heavy atom. The third-order valence-corrected chi connectivity index (χ3v) is 3.27. The highest BCUT2D eigenvalue weighted by molar-refractivity contribution is 9.10. The molecule has 5 heteroatoms. The van der Waals surface area contributed by atoms with Crippen LogP contribution in [0.1, 0.15) is 10.4 Å². The Hall–Kier alpha value is -1.62. The van der Waals surface area contributed by atoms with Gasteiger partial charge >= 0.3 is 0 Å². The number of piperazine rings is 1. The summed E-state index contributed by atoms with van der Waals surface area (Å²) in [4.78, 5) is 25.4. The van der Waals surface area contributed by atoms with Crippen LogP contribution in [0.15, 0.2) is 40.5 Å². The molecule has 0 radical (unpaired) electrons. The average molecular weight is 309 g/mol. The third kappa shape index (κ3) is 2.79. The molecule has 2 rings (SSSR count). The zero-order chi connectivity index (χ0) is 13.1. The molecule has 94 valence electrons. The van der Waals surface area contributed by atoms with Crippen LogP contribution in [0.3, 0.4) is 0 Å². The zero-order valence-electron chi connectivity index (χ0n) is 9.94. The quantitative estimate of drug-likeness (QED) is 0.666. The molecule has 0 atom stereocenters. The molecule has 0 spiro atoms. The molecule has 1 fully saturated rings. The molecule has 0 aromatic heterocycles. The number of amides is 1. The van der Waals surface area contributed by atoms with Gasteiger partial charge in [-0.25, -0.2) is 0 Å². The van der Waals surface area contributed by atoms with Gasteiger partial charge in [0.2, 0.25) is 0 Å². The smallest absolute Gasteiger partial charge is 0.269 e. The van der Waals surface area contributed by atoms with Crippen molar-refractivity contribution in [3.05, 3.63) is 46.1 Å². The summed E-state index contributed by atoms with van der Waals surface area (Å²) in [6.07, 6.45) is 1.36. The van der Waals surface area contributed by atoms with E-state index < -0.39 is 0 Å². The van der Waals surface area contributed by atoms with Gasteiger partial charge in [0.1, 0.15) is 5.70 Å². The first-order chi connectivity index (χ1) is 8.58. The van der Waals surface area contributed by atoms with Crippen LogP contribution in [0, 0.1) is 0 Å². The van der Waals surface area contributed by atoms with Gasteiger partial charge in [-0.3, -0.25) is 9.59 Å². The number of benzene rings is 1. The molecule has 18 heavy (non-hydrogen) atoms. The second-order valence-electron chi connectivity index (χ2n) is 4.08. The van der Waals surface area contributed by atoms with Gasteiger partial charge in [0.25, 0.3) is 5.91 Å². The molecule has 1 aromatic rings.